The molecule has 0 spiro atoms. The molecule has 0 saturated carbocycles. The van der Waals surface area contributed by atoms with E-state index in [1.165, 1.54) is 12.8 Å². The summed E-state index contributed by atoms with van der Waals surface area (Å²) in [6.07, 6.45) is 4.38. The number of ether oxygens (including phenoxy) is 1. The van der Waals surface area contributed by atoms with Crippen molar-refractivity contribution in [3.05, 3.63) is 30.1 Å². The zero-order chi connectivity index (χ0) is 11.4. The number of methoxy groups -OCH3 is 1. The van der Waals surface area contributed by atoms with Crippen molar-refractivity contribution < 1.29 is 4.74 Å². The molecule has 88 valence electrons. The molecule has 0 radical (unpaired) electrons. The van der Waals surface area contributed by atoms with Gasteiger partial charge in [-0.15, -0.1) is 0 Å². The molecule has 2 rings (SSSR count). The number of hydrogen-bond donors (Lipinski definition) is 0. The molecule has 1 aliphatic heterocycles. The molecule has 1 fully saturated rings. The second-order valence-electron chi connectivity index (χ2n) is 4.42. The predicted octanol–water partition coefficient (Wildman–Crippen LogP) is 2.25. The molecule has 0 unspecified atom stereocenters. The molecule has 0 bridgehead atoms. The third kappa shape index (κ3) is 2.42. The molecule has 2 atom stereocenters. The zero-order valence-electron chi connectivity index (χ0n) is 10.1. The maximum atomic E-state index is 5.28. The smallest absolute Gasteiger partial charge is 0.0618 e. The van der Waals surface area contributed by atoms with Crippen molar-refractivity contribution in [3.8, 4) is 0 Å². The van der Waals surface area contributed by atoms with Gasteiger partial charge in [-0.1, -0.05) is 6.07 Å². The second-order valence-corrected chi connectivity index (χ2v) is 4.42. The molecule has 0 aromatic carbocycles. The highest BCUT2D eigenvalue weighted by Crippen LogP contribution is 2.27. The summed E-state index contributed by atoms with van der Waals surface area (Å²) in [5.74, 6) is 0. The molecule has 1 aliphatic rings. The summed E-state index contributed by atoms with van der Waals surface area (Å²) in [7, 11) is 1.78. The van der Waals surface area contributed by atoms with Gasteiger partial charge in [-0.05, 0) is 38.4 Å². The first-order valence-electron chi connectivity index (χ1n) is 5.98. The average molecular weight is 220 g/mol. The average Bonchev–Trinajstić information content (AvgIpc) is 2.78. The third-order valence-electron chi connectivity index (χ3n) is 3.40. The van der Waals surface area contributed by atoms with Crippen LogP contribution in [0.3, 0.4) is 0 Å². The van der Waals surface area contributed by atoms with Crippen LogP contribution >= 0.6 is 0 Å². The Bertz CT molecular complexity index is 315. The van der Waals surface area contributed by atoms with Crippen LogP contribution in [0.5, 0.6) is 0 Å². The first kappa shape index (κ1) is 11.6. The fraction of sp³-hybridized carbons (Fsp3) is 0.615. The number of pyridine rings is 1. The lowest BCUT2D eigenvalue weighted by Crippen LogP contribution is -2.35. The largest absolute Gasteiger partial charge is 0.383 e. The van der Waals surface area contributed by atoms with Crippen LogP contribution in [0.25, 0.3) is 0 Å². The lowest BCUT2D eigenvalue weighted by molar-refractivity contribution is 0.0924. The maximum absolute atomic E-state index is 5.28. The van der Waals surface area contributed by atoms with E-state index in [2.05, 4.69) is 28.9 Å². The van der Waals surface area contributed by atoms with Crippen LogP contribution in [0.4, 0.5) is 0 Å². The summed E-state index contributed by atoms with van der Waals surface area (Å²) in [6.45, 7) is 4.22. The van der Waals surface area contributed by atoms with E-state index in [1.54, 1.807) is 7.11 Å². The topological polar surface area (TPSA) is 25.4 Å². The first-order valence-corrected chi connectivity index (χ1v) is 5.98. The van der Waals surface area contributed by atoms with Gasteiger partial charge in [0.05, 0.1) is 12.3 Å². The predicted molar refractivity (Wildman–Crippen MR) is 64.3 cm³/mol. The SMILES string of the molecule is COC[C@@H]1CCCN1[C@@H](C)c1ccccn1. The van der Waals surface area contributed by atoms with Crippen molar-refractivity contribution in [1.29, 1.82) is 0 Å². The minimum Gasteiger partial charge on any atom is -0.383 e. The summed E-state index contributed by atoms with van der Waals surface area (Å²) >= 11 is 0. The van der Waals surface area contributed by atoms with E-state index in [0.717, 1.165) is 18.8 Å². The highest BCUT2D eigenvalue weighted by atomic mass is 16.5. The summed E-state index contributed by atoms with van der Waals surface area (Å²) in [5, 5.41) is 0. The fourth-order valence-electron chi connectivity index (χ4n) is 2.53. The molecular formula is C13H20N2O. The molecular weight excluding hydrogens is 200 g/mol. The number of hydrogen-bond acceptors (Lipinski definition) is 3. The van der Waals surface area contributed by atoms with Gasteiger partial charge in [0.1, 0.15) is 0 Å². The summed E-state index contributed by atoms with van der Waals surface area (Å²) < 4.78 is 5.28. The lowest BCUT2D eigenvalue weighted by atomic mass is 10.1. The molecule has 0 N–H and O–H groups in total. The van der Waals surface area contributed by atoms with E-state index in [1.807, 2.05) is 12.3 Å². The minimum absolute atomic E-state index is 0.392. The quantitative estimate of drug-likeness (QED) is 0.778. The van der Waals surface area contributed by atoms with Gasteiger partial charge in [0, 0.05) is 25.4 Å². The van der Waals surface area contributed by atoms with E-state index in [9.17, 15) is 0 Å². The molecule has 1 aromatic rings. The number of aromatic nitrogens is 1. The Hall–Kier alpha value is -0.930. The van der Waals surface area contributed by atoms with Crippen LogP contribution in [0.1, 0.15) is 31.5 Å². The van der Waals surface area contributed by atoms with Crippen LogP contribution in [0.2, 0.25) is 0 Å². The van der Waals surface area contributed by atoms with Crippen LogP contribution in [-0.4, -0.2) is 36.2 Å². The van der Waals surface area contributed by atoms with E-state index in [0.29, 0.717) is 12.1 Å². The molecule has 1 saturated heterocycles. The molecule has 1 aromatic heterocycles. The Kier molecular flexibility index (Phi) is 3.91. The first-order chi connectivity index (χ1) is 7.83. The number of rotatable bonds is 4. The van der Waals surface area contributed by atoms with Crippen molar-refractivity contribution >= 4 is 0 Å². The van der Waals surface area contributed by atoms with Gasteiger partial charge in [0.15, 0.2) is 0 Å². The zero-order valence-corrected chi connectivity index (χ0v) is 10.1. The van der Waals surface area contributed by atoms with Gasteiger partial charge in [0.2, 0.25) is 0 Å². The highest BCUT2D eigenvalue weighted by Gasteiger charge is 2.29. The molecule has 16 heavy (non-hydrogen) atoms. The molecule has 0 aliphatic carbocycles. The summed E-state index contributed by atoms with van der Waals surface area (Å²) in [5.41, 5.74) is 1.16. The van der Waals surface area contributed by atoms with Gasteiger partial charge in [0.25, 0.3) is 0 Å². The van der Waals surface area contributed by atoms with Gasteiger partial charge in [-0.3, -0.25) is 9.88 Å². The fourth-order valence-corrected chi connectivity index (χ4v) is 2.53. The Labute approximate surface area is 97.4 Å². The van der Waals surface area contributed by atoms with Gasteiger partial charge < -0.3 is 4.74 Å². The molecule has 0 amide bonds. The monoisotopic (exact) mass is 220 g/mol. The normalized spacial score (nSPS) is 23.5. The molecule has 3 nitrogen and oxygen atoms in total. The number of nitrogens with zero attached hydrogens (tertiary/aromatic N) is 2. The van der Waals surface area contributed by atoms with Gasteiger partial charge in [-0.2, -0.15) is 0 Å². The number of likely N-dealkylation sites (tertiary alicyclic amines) is 1. The minimum atomic E-state index is 0.392. The van der Waals surface area contributed by atoms with Crippen molar-refractivity contribution in [1.82, 2.24) is 9.88 Å². The van der Waals surface area contributed by atoms with Crippen LogP contribution in [0.15, 0.2) is 24.4 Å². The van der Waals surface area contributed by atoms with Gasteiger partial charge >= 0.3 is 0 Å². The van der Waals surface area contributed by atoms with Gasteiger partial charge in [-0.25, -0.2) is 0 Å². The van der Waals surface area contributed by atoms with Crippen molar-refractivity contribution in [2.24, 2.45) is 0 Å². The Morgan fingerprint density at radius 3 is 3.12 bits per heavy atom. The maximum Gasteiger partial charge on any atom is 0.0618 e. The van der Waals surface area contributed by atoms with Crippen LogP contribution in [0, 0.1) is 0 Å². The lowest BCUT2D eigenvalue weighted by Gasteiger charge is -2.29. The molecule has 3 heteroatoms. The highest BCUT2D eigenvalue weighted by molar-refractivity contribution is 5.09. The van der Waals surface area contributed by atoms with Crippen molar-refractivity contribution in [2.75, 3.05) is 20.3 Å². The Morgan fingerprint density at radius 1 is 1.56 bits per heavy atom. The van der Waals surface area contributed by atoms with E-state index in [-0.39, 0.29) is 0 Å². The Morgan fingerprint density at radius 2 is 2.44 bits per heavy atom. The summed E-state index contributed by atoms with van der Waals surface area (Å²) in [6, 6.07) is 7.07. The van der Waals surface area contributed by atoms with E-state index < -0.39 is 0 Å². The summed E-state index contributed by atoms with van der Waals surface area (Å²) in [4.78, 5) is 6.94. The second kappa shape index (κ2) is 5.41. The van der Waals surface area contributed by atoms with Crippen molar-refractivity contribution in [3.63, 3.8) is 0 Å². The van der Waals surface area contributed by atoms with Crippen LogP contribution in [-0.2, 0) is 4.74 Å². The molecule has 2 heterocycles. The third-order valence-corrected chi connectivity index (χ3v) is 3.40. The Balaban J connectivity index is 2.06. The van der Waals surface area contributed by atoms with Crippen molar-refractivity contribution in [2.45, 2.75) is 31.8 Å². The van der Waals surface area contributed by atoms with Crippen LogP contribution < -0.4 is 0 Å². The standard InChI is InChI=1S/C13H20N2O/c1-11(13-7-3-4-8-14-13)15-9-5-6-12(15)10-16-2/h3-4,7-8,11-12H,5-6,9-10H2,1-2H3/t11-,12-/m0/s1. The van der Waals surface area contributed by atoms with E-state index >= 15 is 0 Å². The van der Waals surface area contributed by atoms with E-state index in [4.69, 9.17) is 4.74 Å².